The summed E-state index contributed by atoms with van der Waals surface area (Å²) in [4.78, 5) is 12.5. The molecule has 0 saturated carbocycles. The monoisotopic (exact) mass is 296 g/mol. The first-order valence-corrected chi connectivity index (χ1v) is 7.43. The molecule has 0 spiro atoms. The van der Waals surface area contributed by atoms with Gasteiger partial charge in [-0.3, -0.25) is 4.79 Å². The van der Waals surface area contributed by atoms with E-state index in [1.54, 1.807) is 12.1 Å². The van der Waals surface area contributed by atoms with Crippen LogP contribution < -0.4 is 5.32 Å². The lowest BCUT2D eigenvalue weighted by molar-refractivity contribution is -0.116. The highest BCUT2D eigenvalue weighted by molar-refractivity contribution is 6.00. The molecule has 0 amide bonds. The van der Waals surface area contributed by atoms with Crippen LogP contribution in [-0.4, -0.2) is 16.0 Å². The van der Waals surface area contributed by atoms with Gasteiger partial charge >= 0.3 is 0 Å². The van der Waals surface area contributed by atoms with Crippen LogP contribution in [0.4, 0.5) is 5.88 Å². The third kappa shape index (κ3) is 1.85. The number of carbonyl (C=O) groups excluding carboxylic acids is 1. The molecule has 1 aliphatic carbocycles. The average molecular weight is 296 g/mol. The molecule has 1 atom stereocenters. The number of aryl methyl sites for hydroxylation is 1. The molecule has 112 valence electrons. The molecule has 1 aromatic carbocycles. The number of rotatable bonds is 1. The van der Waals surface area contributed by atoms with Gasteiger partial charge in [-0.2, -0.15) is 0 Å². The first-order valence-electron chi connectivity index (χ1n) is 7.43. The molecule has 0 radical (unpaired) electrons. The molecule has 2 aromatic rings. The van der Waals surface area contributed by atoms with Crippen molar-refractivity contribution in [3.05, 3.63) is 52.4 Å². The van der Waals surface area contributed by atoms with Crippen molar-refractivity contribution in [2.45, 2.75) is 32.1 Å². The fraction of sp³-hybridized carbons (Fsp3) is 0.294. The second-order valence-corrected chi connectivity index (χ2v) is 5.83. The van der Waals surface area contributed by atoms with Crippen molar-refractivity contribution < 1.29 is 14.4 Å². The summed E-state index contributed by atoms with van der Waals surface area (Å²) < 4.78 is 5.39. The van der Waals surface area contributed by atoms with Crippen LogP contribution in [-0.2, 0) is 4.79 Å². The number of carbonyl (C=O) groups is 1. The summed E-state index contributed by atoms with van der Waals surface area (Å²) in [6.07, 6.45) is 2.28. The number of ketones is 1. The lowest BCUT2D eigenvalue weighted by atomic mass is 9.76. The van der Waals surface area contributed by atoms with Gasteiger partial charge in [-0.05, 0) is 37.5 Å². The van der Waals surface area contributed by atoms with Crippen molar-refractivity contribution in [3.63, 3.8) is 0 Å². The van der Waals surface area contributed by atoms with Crippen molar-refractivity contribution in [3.8, 4) is 5.75 Å². The average Bonchev–Trinajstić information content (AvgIpc) is 2.88. The van der Waals surface area contributed by atoms with Crippen LogP contribution in [0.2, 0.25) is 0 Å². The zero-order valence-corrected chi connectivity index (χ0v) is 12.2. The smallest absolute Gasteiger partial charge is 0.233 e. The summed E-state index contributed by atoms with van der Waals surface area (Å²) in [7, 11) is 0. The van der Waals surface area contributed by atoms with Crippen molar-refractivity contribution in [2.75, 3.05) is 5.32 Å². The SMILES string of the molecule is Cc1noc2c1[C@@H](c1ccc(O)cc1)C1=C(CCCC1=O)N2. The molecule has 5 heteroatoms. The number of hydrogen-bond donors (Lipinski definition) is 2. The Bertz CT molecular complexity index is 787. The number of hydrogen-bond acceptors (Lipinski definition) is 5. The summed E-state index contributed by atoms with van der Waals surface area (Å²) in [6, 6.07) is 7.00. The fourth-order valence-corrected chi connectivity index (χ4v) is 3.42. The van der Waals surface area contributed by atoms with Crippen molar-refractivity contribution in [1.82, 2.24) is 5.16 Å². The quantitative estimate of drug-likeness (QED) is 0.845. The lowest BCUT2D eigenvalue weighted by Gasteiger charge is -2.31. The highest BCUT2D eigenvalue weighted by Gasteiger charge is 2.38. The Kier molecular flexibility index (Phi) is 2.82. The van der Waals surface area contributed by atoms with Gasteiger partial charge in [0, 0.05) is 23.6 Å². The second-order valence-electron chi connectivity index (χ2n) is 5.83. The molecule has 0 saturated heterocycles. The molecule has 0 unspecified atom stereocenters. The van der Waals surface area contributed by atoms with Gasteiger partial charge < -0.3 is 14.9 Å². The molecular weight excluding hydrogens is 280 g/mol. The number of allylic oxidation sites excluding steroid dienone is 2. The maximum absolute atomic E-state index is 12.5. The van der Waals surface area contributed by atoms with Gasteiger partial charge in [0.1, 0.15) is 5.75 Å². The Hall–Kier alpha value is -2.56. The van der Waals surface area contributed by atoms with Crippen LogP contribution in [0.5, 0.6) is 5.75 Å². The molecule has 2 heterocycles. The number of anilines is 1. The normalized spacial score (nSPS) is 20.4. The Labute approximate surface area is 127 Å². The van der Waals surface area contributed by atoms with E-state index in [0.29, 0.717) is 12.3 Å². The zero-order chi connectivity index (χ0) is 15.3. The standard InChI is InChI=1S/C17H16N2O3/c1-9-14-15(10-5-7-11(20)8-6-10)16-12(3-2-4-13(16)21)18-17(14)22-19-9/h5-8,15,18,20H,2-4H2,1H3/t15-/m1/s1. The molecule has 0 bridgehead atoms. The number of benzene rings is 1. The first kappa shape index (κ1) is 13.1. The van der Waals surface area contributed by atoms with E-state index in [1.165, 1.54) is 0 Å². The predicted molar refractivity (Wildman–Crippen MR) is 80.7 cm³/mol. The maximum Gasteiger partial charge on any atom is 0.233 e. The summed E-state index contributed by atoms with van der Waals surface area (Å²) in [5, 5.41) is 16.8. The molecule has 4 rings (SSSR count). The highest BCUT2D eigenvalue weighted by atomic mass is 16.5. The van der Waals surface area contributed by atoms with Gasteiger partial charge in [0.05, 0.1) is 11.3 Å². The molecule has 2 aliphatic rings. The number of aromatic nitrogens is 1. The number of nitrogens with one attached hydrogen (secondary N) is 1. The summed E-state index contributed by atoms with van der Waals surface area (Å²) in [6.45, 7) is 1.89. The van der Waals surface area contributed by atoms with E-state index in [9.17, 15) is 9.90 Å². The van der Waals surface area contributed by atoms with E-state index < -0.39 is 0 Å². The third-order valence-corrected chi connectivity index (χ3v) is 4.43. The van der Waals surface area contributed by atoms with Crippen molar-refractivity contribution >= 4 is 11.7 Å². The van der Waals surface area contributed by atoms with Crippen LogP contribution in [0.3, 0.4) is 0 Å². The molecule has 0 fully saturated rings. The lowest BCUT2D eigenvalue weighted by Crippen LogP contribution is -2.26. The number of phenolic OH excluding ortho intramolecular Hbond substituents is 1. The van der Waals surface area contributed by atoms with E-state index in [4.69, 9.17) is 4.52 Å². The molecule has 1 aliphatic heterocycles. The minimum Gasteiger partial charge on any atom is -0.508 e. The topological polar surface area (TPSA) is 75.4 Å². The first-order chi connectivity index (χ1) is 10.6. The van der Waals surface area contributed by atoms with Gasteiger partial charge in [-0.25, -0.2) is 0 Å². The molecule has 2 N–H and O–H groups in total. The fourth-order valence-electron chi connectivity index (χ4n) is 3.42. The summed E-state index contributed by atoms with van der Waals surface area (Å²) >= 11 is 0. The van der Waals surface area contributed by atoms with Crippen LogP contribution >= 0.6 is 0 Å². The maximum atomic E-state index is 12.5. The largest absolute Gasteiger partial charge is 0.508 e. The van der Waals surface area contributed by atoms with Gasteiger partial charge in [-0.1, -0.05) is 17.3 Å². The van der Waals surface area contributed by atoms with Crippen LogP contribution in [0.1, 0.15) is 42.0 Å². The minimum atomic E-state index is -0.175. The number of nitrogens with zero attached hydrogens (tertiary/aromatic N) is 1. The van der Waals surface area contributed by atoms with Crippen molar-refractivity contribution in [1.29, 1.82) is 0 Å². The van der Waals surface area contributed by atoms with Crippen LogP contribution in [0.25, 0.3) is 0 Å². The van der Waals surface area contributed by atoms with Crippen molar-refractivity contribution in [2.24, 2.45) is 0 Å². The summed E-state index contributed by atoms with van der Waals surface area (Å²) in [5.74, 6) is 0.845. The number of fused-ring (bicyclic) bond motifs is 1. The van der Waals surface area contributed by atoms with Crippen LogP contribution in [0, 0.1) is 6.92 Å². The van der Waals surface area contributed by atoms with E-state index >= 15 is 0 Å². The van der Waals surface area contributed by atoms with E-state index in [-0.39, 0.29) is 17.5 Å². The van der Waals surface area contributed by atoms with Gasteiger partial charge in [-0.15, -0.1) is 0 Å². The van der Waals surface area contributed by atoms with Crippen LogP contribution in [0.15, 0.2) is 40.1 Å². The Balaban J connectivity index is 1.94. The molecule has 1 aromatic heterocycles. The van der Waals surface area contributed by atoms with E-state index in [2.05, 4.69) is 10.5 Å². The second kappa shape index (κ2) is 4.73. The summed E-state index contributed by atoms with van der Waals surface area (Å²) in [5.41, 5.74) is 4.42. The van der Waals surface area contributed by atoms with E-state index in [1.807, 2.05) is 19.1 Å². The van der Waals surface area contributed by atoms with Gasteiger partial charge in [0.25, 0.3) is 0 Å². The van der Waals surface area contributed by atoms with Gasteiger partial charge in [0.15, 0.2) is 5.78 Å². The predicted octanol–water partition coefficient (Wildman–Crippen LogP) is 3.25. The molecule has 5 nitrogen and oxygen atoms in total. The number of aromatic hydroxyl groups is 1. The Morgan fingerprint density at radius 1 is 1.27 bits per heavy atom. The number of Topliss-reactive ketones (excluding diaryl/α,β-unsaturated/α-hetero) is 1. The Morgan fingerprint density at radius 3 is 2.82 bits per heavy atom. The van der Waals surface area contributed by atoms with Gasteiger partial charge in [0.2, 0.25) is 5.88 Å². The molecular formula is C17H16N2O3. The third-order valence-electron chi connectivity index (χ3n) is 4.43. The highest BCUT2D eigenvalue weighted by Crippen LogP contribution is 2.46. The minimum absolute atomic E-state index is 0.175. The van der Waals surface area contributed by atoms with E-state index in [0.717, 1.165) is 40.9 Å². The molecule has 22 heavy (non-hydrogen) atoms. The zero-order valence-electron chi connectivity index (χ0n) is 12.2. The number of phenols is 1. The Morgan fingerprint density at radius 2 is 2.05 bits per heavy atom.